The Balaban J connectivity index is 0.971. The third kappa shape index (κ3) is 10.5. The van der Waals surface area contributed by atoms with Gasteiger partial charge in [0.15, 0.2) is 17.5 Å². The van der Waals surface area contributed by atoms with E-state index in [0.29, 0.717) is 39.7 Å². The number of rotatable bonds is 12. The SMILES string of the molecule is N#Cc1ccc(-c2ccc(-n3c4ccc(-c5ccccc5)cc4c4cc(-c5ccccc5)ccc43)c(-c3nc(-c4cccc(-c5ccccc5C#N)c4)nc(-c4cc(-c5ccc(C#N)cc5)ccc4-n4c5ccc(-c6ccccc6)cc5c5cc(-c6ccccc6)ccc54)n3)c2)cc1. The van der Waals surface area contributed by atoms with Crippen LogP contribution in [-0.4, -0.2) is 24.1 Å². The standard InChI is InChI=1S/C90H54N8/c91-55-58-28-32-64(33-29-58)70-40-46-86(97-82-42-36-66(60-16-5-1-6-17-60)49-76(82)77-50-67(37-43-83(77)97)61-18-7-2-8-19-61)80(53-70)89-94-88(73-26-15-25-72(48-73)75-27-14-13-24-74(75)57-93)95-90(96-89)81-54-71(65-34-30-59(56-92)31-35-65)41-47-87(81)98-84-44-38-68(62-20-9-3-10-21-62)51-78(84)79-52-69(39-45-85(79)98)63-22-11-4-12-23-63/h1-54H. The molecule has 0 fully saturated rings. The Morgan fingerprint density at radius 1 is 0.214 bits per heavy atom. The molecule has 0 aliphatic rings. The minimum atomic E-state index is 0.409. The first-order valence-electron chi connectivity index (χ1n) is 32.5. The van der Waals surface area contributed by atoms with E-state index in [1.54, 1.807) is 0 Å². The molecule has 0 spiro atoms. The summed E-state index contributed by atoms with van der Waals surface area (Å²) >= 11 is 0. The molecule has 3 heterocycles. The lowest BCUT2D eigenvalue weighted by atomic mass is 9.98. The van der Waals surface area contributed by atoms with Crippen LogP contribution in [0.5, 0.6) is 0 Å². The summed E-state index contributed by atoms with van der Waals surface area (Å²) in [7, 11) is 0. The van der Waals surface area contributed by atoms with Gasteiger partial charge >= 0.3 is 0 Å². The monoisotopic (exact) mass is 1250 g/mol. The molecule has 17 rings (SSSR count). The maximum absolute atomic E-state index is 10.5. The van der Waals surface area contributed by atoms with Crippen molar-refractivity contribution in [2.24, 2.45) is 0 Å². The summed E-state index contributed by atoms with van der Waals surface area (Å²) in [6.07, 6.45) is 0. The second-order valence-electron chi connectivity index (χ2n) is 24.4. The highest BCUT2D eigenvalue weighted by Gasteiger charge is 2.25. The number of aromatic nitrogens is 5. The van der Waals surface area contributed by atoms with Crippen molar-refractivity contribution in [1.82, 2.24) is 24.1 Å². The third-order valence-corrected chi connectivity index (χ3v) is 18.7. The highest BCUT2D eigenvalue weighted by Crippen LogP contribution is 2.45. The molecular weight excluding hydrogens is 1190 g/mol. The third-order valence-electron chi connectivity index (χ3n) is 18.7. The predicted molar refractivity (Wildman–Crippen MR) is 397 cm³/mol. The van der Waals surface area contributed by atoms with Crippen molar-refractivity contribution in [2.45, 2.75) is 0 Å². The van der Waals surface area contributed by atoms with E-state index < -0.39 is 0 Å². The van der Waals surface area contributed by atoms with Crippen LogP contribution >= 0.6 is 0 Å². The molecule has 0 N–H and O–H groups in total. The maximum Gasteiger partial charge on any atom is 0.166 e. The van der Waals surface area contributed by atoms with Crippen LogP contribution in [0.25, 0.3) is 167 Å². The summed E-state index contributed by atoms with van der Waals surface area (Å²) < 4.78 is 4.69. The second-order valence-corrected chi connectivity index (χ2v) is 24.4. The van der Waals surface area contributed by atoms with Crippen molar-refractivity contribution in [1.29, 1.82) is 15.8 Å². The molecule has 0 unspecified atom stereocenters. The zero-order valence-corrected chi connectivity index (χ0v) is 52.8. The molecule has 98 heavy (non-hydrogen) atoms. The predicted octanol–water partition coefficient (Wildman–Crippen LogP) is 22.4. The van der Waals surface area contributed by atoms with E-state index in [1.807, 2.05) is 115 Å². The van der Waals surface area contributed by atoms with Crippen molar-refractivity contribution in [3.63, 3.8) is 0 Å². The average Bonchev–Trinajstić information content (AvgIpc) is 1.56. The Hall–Kier alpha value is -13.8. The van der Waals surface area contributed by atoms with Gasteiger partial charge in [0.2, 0.25) is 0 Å². The van der Waals surface area contributed by atoms with Crippen molar-refractivity contribution >= 4 is 43.6 Å². The minimum absolute atomic E-state index is 0.409. The van der Waals surface area contributed by atoms with Gasteiger partial charge in [0.1, 0.15) is 0 Å². The average molecular weight is 1250 g/mol. The summed E-state index contributed by atoms with van der Waals surface area (Å²) in [4.78, 5) is 17.2. The molecular formula is C90H54N8. The van der Waals surface area contributed by atoms with Gasteiger partial charge in [-0.25, -0.2) is 15.0 Å². The normalized spacial score (nSPS) is 11.2. The number of nitriles is 3. The van der Waals surface area contributed by atoms with Crippen LogP contribution in [0.15, 0.2) is 328 Å². The Bertz CT molecular complexity index is 5590. The highest BCUT2D eigenvalue weighted by atomic mass is 15.1. The lowest BCUT2D eigenvalue weighted by Gasteiger charge is -2.18. The molecule has 0 atom stereocenters. The number of nitrogens with zero attached hydrogens (tertiary/aromatic N) is 8. The summed E-state index contributed by atoms with van der Waals surface area (Å²) in [6, 6.07) is 120. The van der Waals surface area contributed by atoms with Gasteiger partial charge < -0.3 is 9.13 Å². The van der Waals surface area contributed by atoms with E-state index in [1.165, 1.54) is 0 Å². The Kier molecular flexibility index (Phi) is 14.5. The van der Waals surface area contributed by atoms with E-state index in [0.717, 1.165) is 144 Å². The van der Waals surface area contributed by atoms with Crippen LogP contribution in [0.3, 0.4) is 0 Å². The molecule has 3 aromatic heterocycles. The van der Waals surface area contributed by atoms with Crippen molar-refractivity contribution in [3.05, 3.63) is 344 Å². The molecule has 0 radical (unpaired) electrons. The largest absolute Gasteiger partial charge is 0.308 e. The lowest BCUT2D eigenvalue weighted by Crippen LogP contribution is -2.06. The van der Waals surface area contributed by atoms with Gasteiger partial charge in [-0.15, -0.1) is 0 Å². The first-order chi connectivity index (χ1) is 48.4. The minimum Gasteiger partial charge on any atom is -0.308 e. The molecule has 0 saturated carbocycles. The molecule has 14 aromatic carbocycles. The van der Waals surface area contributed by atoms with Crippen molar-refractivity contribution in [2.75, 3.05) is 0 Å². The molecule has 0 bridgehead atoms. The summed E-state index contributed by atoms with van der Waals surface area (Å²) in [5.41, 5.74) is 23.5. The van der Waals surface area contributed by atoms with E-state index in [2.05, 4.69) is 240 Å². The zero-order valence-electron chi connectivity index (χ0n) is 52.8. The van der Waals surface area contributed by atoms with Crippen LogP contribution in [0.1, 0.15) is 16.7 Å². The number of hydrogen-bond acceptors (Lipinski definition) is 6. The quantitative estimate of drug-likeness (QED) is 0.120. The zero-order chi connectivity index (χ0) is 65.6. The summed E-state index contributed by atoms with van der Waals surface area (Å²) in [5.74, 6) is 1.23. The van der Waals surface area contributed by atoms with Crippen LogP contribution in [0.4, 0.5) is 0 Å². The second kappa shape index (κ2) is 24.6. The molecule has 17 aromatic rings. The summed E-state index contributed by atoms with van der Waals surface area (Å²) in [5, 5.41) is 34.8. The molecule has 8 heteroatoms. The van der Waals surface area contributed by atoms with Crippen LogP contribution < -0.4 is 0 Å². The van der Waals surface area contributed by atoms with E-state index >= 15 is 0 Å². The van der Waals surface area contributed by atoms with Crippen LogP contribution in [0.2, 0.25) is 0 Å². The first-order valence-corrected chi connectivity index (χ1v) is 32.5. The van der Waals surface area contributed by atoms with Gasteiger partial charge in [-0.2, -0.15) is 15.8 Å². The van der Waals surface area contributed by atoms with Crippen molar-refractivity contribution < 1.29 is 0 Å². The Morgan fingerprint density at radius 2 is 0.520 bits per heavy atom. The van der Waals surface area contributed by atoms with Crippen molar-refractivity contribution in [3.8, 4) is 142 Å². The van der Waals surface area contributed by atoms with Gasteiger partial charge in [-0.05, 0) is 187 Å². The van der Waals surface area contributed by atoms with Crippen LogP contribution in [0, 0.1) is 34.0 Å². The lowest BCUT2D eigenvalue weighted by molar-refractivity contribution is 1.06. The van der Waals surface area contributed by atoms with E-state index in [9.17, 15) is 15.8 Å². The van der Waals surface area contributed by atoms with Crippen LogP contribution in [-0.2, 0) is 0 Å². The fourth-order valence-electron chi connectivity index (χ4n) is 13.9. The van der Waals surface area contributed by atoms with Gasteiger partial charge in [-0.3, -0.25) is 0 Å². The molecule has 0 aliphatic carbocycles. The Labute approximate surface area is 566 Å². The van der Waals surface area contributed by atoms with Gasteiger partial charge in [0.05, 0.1) is 68.3 Å². The van der Waals surface area contributed by atoms with E-state index in [4.69, 9.17) is 15.0 Å². The van der Waals surface area contributed by atoms with E-state index in [-0.39, 0.29) is 0 Å². The van der Waals surface area contributed by atoms with Gasteiger partial charge in [0, 0.05) is 38.2 Å². The molecule has 8 nitrogen and oxygen atoms in total. The molecule has 0 amide bonds. The number of benzene rings is 14. The topological polar surface area (TPSA) is 120 Å². The summed E-state index contributed by atoms with van der Waals surface area (Å²) in [6.45, 7) is 0. The number of fused-ring (bicyclic) bond motifs is 6. The fourth-order valence-corrected chi connectivity index (χ4v) is 13.9. The fraction of sp³-hybridized carbons (Fsp3) is 0. The van der Waals surface area contributed by atoms with Gasteiger partial charge in [0.25, 0.3) is 0 Å². The molecule has 454 valence electrons. The Morgan fingerprint density at radius 3 is 0.898 bits per heavy atom. The smallest absolute Gasteiger partial charge is 0.166 e. The highest BCUT2D eigenvalue weighted by molar-refractivity contribution is 6.14. The molecule has 0 aliphatic heterocycles. The number of hydrogen-bond donors (Lipinski definition) is 0. The molecule has 0 saturated heterocycles. The van der Waals surface area contributed by atoms with Gasteiger partial charge in [-0.1, -0.05) is 218 Å². The first kappa shape index (κ1) is 58.0. The maximum atomic E-state index is 10.5.